The quantitative estimate of drug-likeness (QED) is 0.711. The minimum Gasteiger partial charge on any atom is -0.414 e. The van der Waals surface area contributed by atoms with E-state index in [2.05, 4.69) is 40.8 Å². The Morgan fingerprint density at radius 1 is 1.15 bits per heavy atom. The molecule has 2 nitrogen and oxygen atoms in total. The van der Waals surface area contributed by atoms with Crippen molar-refractivity contribution in [2.75, 3.05) is 0 Å². The van der Waals surface area contributed by atoms with Crippen LogP contribution in [0.5, 0.6) is 0 Å². The Morgan fingerprint density at radius 3 is 2.35 bits per heavy atom. The lowest BCUT2D eigenvalue weighted by Crippen LogP contribution is -2.45. The van der Waals surface area contributed by atoms with Gasteiger partial charge < -0.3 is 4.43 Å². The monoisotopic (exact) mass is 294 g/mol. The van der Waals surface area contributed by atoms with Crippen molar-refractivity contribution in [3.05, 3.63) is 0 Å². The maximum absolute atomic E-state index is 12.4. The Labute approximate surface area is 124 Å². The maximum atomic E-state index is 12.4. The first kappa shape index (κ1) is 14.8. The third-order valence-corrected chi connectivity index (χ3v) is 11.5. The van der Waals surface area contributed by atoms with Crippen LogP contribution in [0.3, 0.4) is 0 Å². The molecule has 3 aliphatic rings. The number of rotatable bonds is 2. The smallest absolute Gasteiger partial charge is 0.192 e. The van der Waals surface area contributed by atoms with Gasteiger partial charge >= 0.3 is 0 Å². The van der Waals surface area contributed by atoms with Crippen LogP contribution in [0.25, 0.3) is 0 Å². The van der Waals surface area contributed by atoms with Gasteiger partial charge in [-0.15, -0.1) is 0 Å². The van der Waals surface area contributed by atoms with Crippen LogP contribution in [0.1, 0.15) is 47.0 Å². The highest BCUT2D eigenvalue weighted by Crippen LogP contribution is 2.60. The summed E-state index contributed by atoms with van der Waals surface area (Å²) < 4.78 is 6.70. The average Bonchev–Trinajstić information content (AvgIpc) is 2.92. The summed E-state index contributed by atoms with van der Waals surface area (Å²) in [5.41, 5.74) is 0. The van der Waals surface area contributed by atoms with Crippen molar-refractivity contribution in [2.45, 2.75) is 71.2 Å². The summed E-state index contributed by atoms with van der Waals surface area (Å²) >= 11 is 0. The van der Waals surface area contributed by atoms with Crippen LogP contribution >= 0.6 is 0 Å². The standard InChI is InChI=1S/C17H30O2Si/c1-10-11-7-8-12-14(9-13(15(11)12)16(10)18)19-20(5,6)17(2,3)4/h10-15H,7-9H2,1-6H3/t10?,11-,12+,13-,14+,15+/m1/s1. The molecule has 0 aromatic rings. The van der Waals surface area contributed by atoms with Gasteiger partial charge in [-0.05, 0) is 55.1 Å². The van der Waals surface area contributed by atoms with E-state index in [0.29, 0.717) is 41.5 Å². The Hall–Kier alpha value is -0.153. The minimum atomic E-state index is -1.71. The van der Waals surface area contributed by atoms with E-state index in [1.54, 1.807) is 0 Å². The number of hydrogen-bond donors (Lipinski definition) is 0. The summed E-state index contributed by atoms with van der Waals surface area (Å²) in [6.45, 7) is 13.8. The SMILES string of the molecule is CC1C(=O)[C@@H]2C[C@H](O[Si](C)(C)C(C)(C)C)[C@@H]3CC[C@H]1[C@@H]32. The molecule has 3 rings (SSSR count). The Morgan fingerprint density at radius 2 is 1.75 bits per heavy atom. The first-order valence-corrected chi connectivity index (χ1v) is 11.3. The Kier molecular flexibility index (Phi) is 3.27. The van der Waals surface area contributed by atoms with Crippen molar-refractivity contribution in [3.63, 3.8) is 0 Å². The van der Waals surface area contributed by atoms with Crippen LogP contribution in [0.15, 0.2) is 0 Å². The summed E-state index contributed by atoms with van der Waals surface area (Å²) in [4.78, 5) is 12.4. The van der Waals surface area contributed by atoms with Gasteiger partial charge in [-0.1, -0.05) is 27.7 Å². The fourth-order valence-corrected chi connectivity index (χ4v) is 6.21. The minimum absolute atomic E-state index is 0.264. The predicted molar refractivity (Wildman–Crippen MR) is 84.1 cm³/mol. The molecule has 0 amide bonds. The molecule has 0 N–H and O–H groups in total. The zero-order valence-corrected chi connectivity index (χ0v) is 14.9. The van der Waals surface area contributed by atoms with Gasteiger partial charge in [0, 0.05) is 17.9 Å². The van der Waals surface area contributed by atoms with Gasteiger partial charge in [0.25, 0.3) is 0 Å². The van der Waals surface area contributed by atoms with Gasteiger partial charge in [-0.3, -0.25) is 4.79 Å². The average molecular weight is 295 g/mol. The van der Waals surface area contributed by atoms with Gasteiger partial charge in [0.1, 0.15) is 5.78 Å². The molecule has 1 unspecified atom stereocenters. The van der Waals surface area contributed by atoms with Gasteiger partial charge in [-0.2, -0.15) is 0 Å². The lowest BCUT2D eigenvalue weighted by molar-refractivity contribution is -0.124. The second-order valence-corrected chi connectivity index (χ2v) is 13.7. The molecule has 0 bridgehead atoms. The highest BCUT2D eigenvalue weighted by atomic mass is 28.4. The normalized spacial score (nSPS) is 44.2. The molecular weight excluding hydrogens is 264 g/mol. The van der Waals surface area contributed by atoms with Crippen molar-refractivity contribution in [3.8, 4) is 0 Å². The number of ketones is 1. The molecule has 0 aliphatic heterocycles. The Balaban J connectivity index is 1.78. The van der Waals surface area contributed by atoms with E-state index in [0.717, 1.165) is 6.42 Å². The lowest BCUT2D eigenvalue weighted by Gasteiger charge is -2.40. The highest BCUT2D eigenvalue weighted by molar-refractivity contribution is 6.74. The van der Waals surface area contributed by atoms with E-state index in [1.807, 2.05) is 0 Å². The van der Waals surface area contributed by atoms with Crippen molar-refractivity contribution < 1.29 is 9.22 Å². The molecule has 20 heavy (non-hydrogen) atoms. The molecule has 3 fully saturated rings. The number of carbonyl (C=O) groups excluding carboxylic acids is 1. The van der Waals surface area contributed by atoms with Crippen LogP contribution in [-0.2, 0) is 9.22 Å². The van der Waals surface area contributed by atoms with Crippen molar-refractivity contribution in [1.29, 1.82) is 0 Å². The topological polar surface area (TPSA) is 26.3 Å². The van der Waals surface area contributed by atoms with E-state index in [4.69, 9.17) is 4.43 Å². The molecule has 3 aliphatic carbocycles. The number of carbonyl (C=O) groups is 1. The molecular formula is C17H30O2Si. The third kappa shape index (κ3) is 1.96. The second-order valence-electron chi connectivity index (χ2n) is 8.93. The fraction of sp³-hybridized carbons (Fsp3) is 0.941. The highest BCUT2D eigenvalue weighted by Gasteiger charge is 2.61. The first-order valence-electron chi connectivity index (χ1n) is 8.35. The predicted octanol–water partition coefficient (Wildman–Crippen LogP) is 4.26. The molecule has 0 saturated heterocycles. The van der Waals surface area contributed by atoms with Gasteiger partial charge in [0.05, 0.1) is 0 Å². The summed E-state index contributed by atoms with van der Waals surface area (Å²) in [5, 5.41) is 0.264. The molecule has 114 valence electrons. The lowest BCUT2D eigenvalue weighted by atomic mass is 9.90. The van der Waals surface area contributed by atoms with Crippen LogP contribution in [-0.4, -0.2) is 20.2 Å². The summed E-state index contributed by atoms with van der Waals surface area (Å²) in [6.07, 6.45) is 3.94. The number of hydrogen-bond acceptors (Lipinski definition) is 2. The molecule has 0 spiro atoms. The zero-order chi connectivity index (χ0) is 14.9. The second kappa shape index (κ2) is 4.42. The third-order valence-electron chi connectivity index (χ3n) is 6.96. The van der Waals surface area contributed by atoms with Crippen LogP contribution < -0.4 is 0 Å². The molecule has 3 heteroatoms. The van der Waals surface area contributed by atoms with E-state index in [9.17, 15) is 4.79 Å². The molecule has 0 radical (unpaired) electrons. The van der Waals surface area contributed by atoms with Crippen LogP contribution in [0.2, 0.25) is 18.1 Å². The molecule has 6 atom stereocenters. The maximum Gasteiger partial charge on any atom is 0.192 e. The summed E-state index contributed by atoms with van der Waals surface area (Å²) in [7, 11) is -1.71. The summed E-state index contributed by atoms with van der Waals surface area (Å²) in [5.74, 6) is 3.21. The van der Waals surface area contributed by atoms with Gasteiger partial charge in [0.2, 0.25) is 0 Å². The fourth-order valence-electron chi connectivity index (χ4n) is 4.83. The van der Waals surface area contributed by atoms with Gasteiger partial charge in [0.15, 0.2) is 8.32 Å². The largest absolute Gasteiger partial charge is 0.414 e. The van der Waals surface area contributed by atoms with Crippen LogP contribution in [0.4, 0.5) is 0 Å². The van der Waals surface area contributed by atoms with Crippen LogP contribution in [0, 0.1) is 29.6 Å². The molecule has 0 aromatic carbocycles. The van der Waals surface area contributed by atoms with Gasteiger partial charge in [-0.25, -0.2) is 0 Å². The van der Waals surface area contributed by atoms with E-state index in [-0.39, 0.29) is 5.04 Å². The number of Topliss-reactive ketones (excluding diaryl/α,β-unsaturated/α-hetero) is 1. The molecule has 3 saturated carbocycles. The summed E-state index contributed by atoms with van der Waals surface area (Å²) in [6, 6.07) is 0. The van der Waals surface area contributed by atoms with E-state index < -0.39 is 8.32 Å². The van der Waals surface area contributed by atoms with Crippen molar-refractivity contribution in [1.82, 2.24) is 0 Å². The van der Waals surface area contributed by atoms with E-state index in [1.165, 1.54) is 12.8 Å². The van der Waals surface area contributed by atoms with Crippen molar-refractivity contribution >= 4 is 14.1 Å². The zero-order valence-electron chi connectivity index (χ0n) is 13.9. The van der Waals surface area contributed by atoms with E-state index >= 15 is 0 Å². The molecule has 0 aromatic heterocycles. The first-order chi connectivity index (χ1) is 9.13. The van der Waals surface area contributed by atoms with Crippen molar-refractivity contribution in [2.24, 2.45) is 29.6 Å². The molecule has 0 heterocycles. The Bertz CT molecular complexity index is 423.